The number of alkyl halides is 1. The molecule has 1 aliphatic rings. The molecule has 20 heavy (non-hydrogen) atoms. The van der Waals surface area contributed by atoms with E-state index in [9.17, 15) is 0 Å². The monoisotopic (exact) mass is 406 g/mol. The highest BCUT2D eigenvalue weighted by molar-refractivity contribution is 9.10. The number of methoxy groups -OCH3 is 1. The fourth-order valence-corrected chi connectivity index (χ4v) is 3.47. The van der Waals surface area contributed by atoms with E-state index in [1.54, 1.807) is 7.11 Å². The first-order chi connectivity index (χ1) is 9.70. The van der Waals surface area contributed by atoms with Gasteiger partial charge in [0.25, 0.3) is 0 Å². The van der Waals surface area contributed by atoms with Crippen LogP contribution in [0.3, 0.4) is 0 Å². The number of benzene rings is 1. The molecule has 0 aliphatic carbocycles. The average Bonchev–Trinajstić information content (AvgIpc) is 2.93. The molecule has 3 nitrogen and oxygen atoms in total. The second kappa shape index (κ2) is 8.37. The van der Waals surface area contributed by atoms with Crippen molar-refractivity contribution < 1.29 is 14.2 Å². The van der Waals surface area contributed by atoms with Crippen molar-refractivity contribution in [2.24, 2.45) is 0 Å². The van der Waals surface area contributed by atoms with Gasteiger partial charge in [-0.15, -0.1) is 0 Å². The van der Waals surface area contributed by atoms with E-state index in [1.807, 2.05) is 6.07 Å². The molecule has 1 aliphatic heterocycles. The highest BCUT2D eigenvalue weighted by Crippen LogP contribution is 2.35. The van der Waals surface area contributed by atoms with E-state index in [0.717, 1.165) is 23.2 Å². The first-order valence-electron chi connectivity index (χ1n) is 6.87. The van der Waals surface area contributed by atoms with Gasteiger partial charge in [-0.05, 0) is 52.9 Å². The van der Waals surface area contributed by atoms with Crippen molar-refractivity contribution in [2.75, 3.05) is 26.9 Å². The van der Waals surface area contributed by atoms with Crippen LogP contribution in [-0.2, 0) is 9.47 Å². The van der Waals surface area contributed by atoms with Crippen LogP contribution in [0, 0.1) is 0 Å². The van der Waals surface area contributed by atoms with Crippen LogP contribution < -0.4 is 4.74 Å². The topological polar surface area (TPSA) is 27.7 Å². The van der Waals surface area contributed by atoms with Crippen LogP contribution in [0.15, 0.2) is 22.7 Å². The van der Waals surface area contributed by atoms with Crippen molar-refractivity contribution in [1.29, 1.82) is 0 Å². The Balaban J connectivity index is 1.92. The Kier molecular flexibility index (Phi) is 6.81. The van der Waals surface area contributed by atoms with E-state index in [0.29, 0.717) is 24.1 Å². The predicted molar refractivity (Wildman–Crippen MR) is 86.8 cm³/mol. The van der Waals surface area contributed by atoms with Gasteiger partial charge in [-0.3, -0.25) is 0 Å². The minimum atomic E-state index is 0.315. The van der Waals surface area contributed by atoms with Gasteiger partial charge in [0, 0.05) is 18.5 Å². The Morgan fingerprint density at radius 2 is 2.25 bits per heavy atom. The van der Waals surface area contributed by atoms with Crippen LogP contribution in [0.4, 0.5) is 0 Å². The predicted octanol–water partition coefficient (Wildman–Crippen LogP) is 4.48. The van der Waals surface area contributed by atoms with Gasteiger partial charge in [-0.2, -0.15) is 0 Å². The van der Waals surface area contributed by atoms with Gasteiger partial charge >= 0.3 is 0 Å². The Morgan fingerprint density at radius 1 is 1.40 bits per heavy atom. The van der Waals surface area contributed by atoms with Crippen molar-refractivity contribution in [3.05, 3.63) is 28.2 Å². The molecule has 1 aromatic rings. The van der Waals surface area contributed by atoms with Crippen molar-refractivity contribution in [1.82, 2.24) is 0 Å². The molecule has 0 N–H and O–H groups in total. The maximum absolute atomic E-state index is 5.68. The molecule has 2 rings (SSSR count). The van der Waals surface area contributed by atoms with E-state index >= 15 is 0 Å². The molecule has 1 fully saturated rings. The third kappa shape index (κ3) is 4.72. The van der Waals surface area contributed by atoms with Gasteiger partial charge < -0.3 is 14.2 Å². The Hall–Kier alpha value is -0.100. The number of hydrogen-bond acceptors (Lipinski definition) is 3. The first kappa shape index (κ1) is 16.3. The fourth-order valence-electron chi connectivity index (χ4n) is 2.26. The summed E-state index contributed by atoms with van der Waals surface area (Å²) in [5.74, 6) is 0.850. The summed E-state index contributed by atoms with van der Waals surface area (Å²) < 4.78 is 17.3. The molecule has 0 saturated carbocycles. The lowest BCUT2D eigenvalue weighted by molar-refractivity contribution is 0.104. The molecule has 2 atom stereocenters. The maximum Gasteiger partial charge on any atom is 0.133 e. The molecule has 2 unspecified atom stereocenters. The summed E-state index contributed by atoms with van der Waals surface area (Å²) in [6.45, 7) is 2.05. The average molecular weight is 408 g/mol. The summed E-state index contributed by atoms with van der Waals surface area (Å²) in [6, 6.07) is 6.20. The van der Waals surface area contributed by atoms with Crippen LogP contribution in [0.25, 0.3) is 0 Å². The van der Waals surface area contributed by atoms with Crippen molar-refractivity contribution in [3.8, 4) is 5.75 Å². The molecule has 5 heteroatoms. The molecule has 112 valence electrons. The minimum Gasteiger partial charge on any atom is -0.490 e. The van der Waals surface area contributed by atoms with Gasteiger partial charge in [-0.25, -0.2) is 0 Å². The lowest BCUT2D eigenvalue weighted by Crippen LogP contribution is -2.08. The van der Waals surface area contributed by atoms with Crippen LogP contribution in [0.2, 0.25) is 0 Å². The van der Waals surface area contributed by atoms with Crippen LogP contribution in [-0.4, -0.2) is 33.0 Å². The Labute approximate surface area is 137 Å². The summed E-state index contributed by atoms with van der Waals surface area (Å²) in [5, 5.41) is 0. The quantitative estimate of drug-likeness (QED) is 0.492. The van der Waals surface area contributed by atoms with Gasteiger partial charge in [0.1, 0.15) is 12.4 Å². The lowest BCUT2D eigenvalue weighted by Gasteiger charge is -2.16. The van der Waals surface area contributed by atoms with Gasteiger partial charge in [-0.1, -0.05) is 22.0 Å². The summed E-state index contributed by atoms with van der Waals surface area (Å²) in [5.41, 5.74) is 1.24. The fraction of sp³-hybridized carbons (Fsp3) is 0.600. The van der Waals surface area contributed by atoms with Crippen LogP contribution in [0.1, 0.15) is 29.7 Å². The van der Waals surface area contributed by atoms with E-state index in [4.69, 9.17) is 14.2 Å². The zero-order chi connectivity index (χ0) is 14.4. The largest absolute Gasteiger partial charge is 0.490 e. The molecule has 0 spiro atoms. The molecule has 0 radical (unpaired) electrons. The molecular weight excluding hydrogens is 388 g/mol. The smallest absolute Gasteiger partial charge is 0.133 e. The van der Waals surface area contributed by atoms with E-state index < -0.39 is 0 Å². The zero-order valence-corrected chi connectivity index (χ0v) is 14.8. The number of hydrogen-bond donors (Lipinski definition) is 0. The van der Waals surface area contributed by atoms with Crippen molar-refractivity contribution in [3.63, 3.8) is 0 Å². The Morgan fingerprint density at radius 3 is 2.90 bits per heavy atom. The molecule has 0 amide bonds. The normalized spacial score (nSPS) is 20.1. The highest BCUT2D eigenvalue weighted by atomic mass is 79.9. The molecular formula is C15H20Br2O3. The number of ether oxygens (including phenoxy) is 3. The standard InChI is InChI=1S/C15H20Br2O3/c1-18-7-8-20-15-5-4-11(9-14(15)17)13(16)10-12-3-2-6-19-12/h4-5,9,12-13H,2-3,6-8,10H2,1H3. The van der Waals surface area contributed by atoms with E-state index in [2.05, 4.69) is 44.0 Å². The van der Waals surface area contributed by atoms with Gasteiger partial charge in [0.2, 0.25) is 0 Å². The summed E-state index contributed by atoms with van der Waals surface area (Å²) in [4.78, 5) is 0.315. The first-order valence-corrected chi connectivity index (χ1v) is 8.58. The minimum absolute atomic E-state index is 0.315. The van der Waals surface area contributed by atoms with Gasteiger partial charge in [0.05, 0.1) is 17.2 Å². The van der Waals surface area contributed by atoms with E-state index in [1.165, 1.54) is 18.4 Å². The summed E-state index contributed by atoms with van der Waals surface area (Å²) in [6.07, 6.45) is 3.74. The number of halogens is 2. The lowest BCUT2D eigenvalue weighted by atomic mass is 10.0. The molecule has 1 heterocycles. The van der Waals surface area contributed by atoms with E-state index in [-0.39, 0.29) is 0 Å². The Bertz CT molecular complexity index is 420. The highest BCUT2D eigenvalue weighted by Gasteiger charge is 2.20. The maximum atomic E-state index is 5.68. The third-order valence-corrected chi connectivity index (χ3v) is 4.88. The van der Waals surface area contributed by atoms with Crippen molar-refractivity contribution >= 4 is 31.9 Å². The van der Waals surface area contributed by atoms with Gasteiger partial charge in [0.15, 0.2) is 0 Å². The van der Waals surface area contributed by atoms with Crippen LogP contribution >= 0.6 is 31.9 Å². The second-order valence-electron chi connectivity index (χ2n) is 4.87. The second-order valence-corrected chi connectivity index (χ2v) is 6.83. The summed E-state index contributed by atoms with van der Waals surface area (Å²) in [7, 11) is 1.67. The molecule has 0 aromatic heterocycles. The molecule has 1 saturated heterocycles. The summed E-state index contributed by atoms with van der Waals surface area (Å²) >= 11 is 7.32. The van der Waals surface area contributed by atoms with Crippen molar-refractivity contribution in [2.45, 2.75) is 30.2 Å². The SMILES string of the molecule is COCCOc1ccc(C(Br)CC2CCCO2)cc1Br. The molecule has 1 aromatic carbocycles. The molecule has 0 bridgehead atoms. The number of rotatable bonds is 7. The third-order valence-electron chi connectivity index (χ3n) is 3.36. The zero-order valence-electron chi connectivity index (χ0n) is 11.6. The van der Waals surface area contributed by atoms with Crippen LogP contribution in [0.5, 0.6) is 5.75 Å².